The van der Waals surface area contributed by atoms with Gasteiger partial charge in [-0.25, -0.2) is 0 Å². The minimum atomic E-state index is -0.170. The van der Waals surface area contributed by atoms with E-state index < -0.39 is 0 Å². The van der Waals surface area contributed by atoms with Crippen LogP contribution in [0.3, 0.4) is 0 Å². The van der Waals surface area contributed by atoms with E-state index in [0.717, 1.165) is 12.0 Å². The van der Waals surface area contributed by atoms with Crippen LogP contribution in [0.25, 0.3) is 0 Å². The van der Waals surface area contributed by atoms with Crippen LogP contribution in [0.5, 0.6) is 0 Å². The highest BCUT2D eigenvalue weighted by Gasteiger charge is 2.47. The Morgan fingerprint density at radius 2 is 1.81 bits per heavy atom. The molecule has 0 bridgehead atoms. The Morgan fingerprint density at radius 3 is 2.48 bits per heavy atom. The quantitative estimate of drug-likeness (QED) is 0.704. The summed E-state index contributed by atoms with van der Waals surface area (Å²) in [5.41, 5.74) is 1.06. The monoisotopic (exact) mass is 290 g/mol. The van der Waals surface area contributed by atoms with Crippen molar-refractivity contribution in [2.45, 2.75) is 19.4 Å². The first-order chi connectivity index (χ1) is 10.2. The Kier molecular flexibility index (Phi) is 5.75. The third-order valence-electron chi connectivity index (χ3n) is 3.60. The Morgan fingerprint density at radius 1 is 1.14 bits per heavy atom. The Bertz CT molecular complexity index is 476. The summed E-state index contributed by atoms with van der Waals surface area (Å²) in [6.45, 7) is 1.74. The van der Waals surface area contributed by atoms with E-state index >= 15 is 0 Å². The number of carbonyl (C=O) groups is 2. The molecule has 2 amide bonds. The van der Waals surface area contributed by atoms with Crippen molar-refractivity contribution in [1.82, 2.24) is 10.6 Å². The van der Waals surface area contributed by atoms with Gasteiger partial charge in [-0.15, -0.1) is 0 Å². The van der Waals surface area contributed by atoms with Crippen molar-refractivity contribution in [1.29, 1.82) is 0 Å². The van der Waals surface area contributed by atoms with Crippen molar-refractivity contribution >= 4 is 11.8 Å². The minimum absolute atomic E-state index is 0.0223. The van der Waals surface area contributed by atoms with Gasteiger partial charge in [0, 0.05) is 26.8 Å². The van der Waals surface area contributed by atoms with Crippen LogP contribution in [-0.2, 0) is 20.9 Å². The van der Waals surface area contributed by atoms with Crippen molar-refractivity contribution in [2.24, 2.45) is 11.8 Å². The maximum absolute atomic E-state index is 12.0. The zero-order chi connectivity index (χ0) is 15.1. The molecule has 0 heterocycles. The molecule has 5 heteroatoms. The molecule has 114 valence electrons. The van der Waals surface area contributed by atoms with Gasteiger partial charge in [0.2, 0.25) is 11.8 Å². The summed E-state index contributed by atoms with van der Waals surface area (Å²) in [7, 11) is 1.63. The predicted octanol–water partition coefficient (Wildman–Crippen LogP) is 1.09. The molecule has 1 aromatic rings. The fraction of sp³-hybridized carbons (Fsp3) is 0.500. The molecule has 2 rings (SSSR count). The summed E-state index contributed by atoms with van der Waals surface area (Å²) in [5, 5.41) is 5.72. The molecule has 2 unspecified atom stereocenters. The van der Waals surface area contributed by atoms with Gasteiger partial charge in [0.15, 0.2) is 0 Å². The van der Waals surface area contributed by atoms with Gasteiger partial charge in [-0.1, -0.05) is 30.3 Å². The van der Waals surface area contributed by atoms with Gasteiger partial charge in [-0.05, 0) is 18.4 Å². The molecule has 0 spiro atoms. The molecule has 1 fully saturated rings. The summed E-state index contributed by atoms with van der Waals surface area (Å²) in [6.07, 6.45) is 1.44. The van der Waals surface area contributed by atoms with Crippen LogP contribution in [-0.4, -0.2) is 32.1 Å². The van der Waals surface area contributed by atoms with Crippen LogP contribution < -0.4 is 10.6 Å². The lowest BCUT2D eigenvalue weighted by atomic mass is 10.2. The van der Waals surface area contributed by atoms with E-state index in [1.807, 2.05) is 30.3 Å². The van der Waals surface area contributed by atoms with Gasteiger partial charge in [-0.2, -0.15) is 0 Å². The zero-order valence-electron chi connectivity index (χ0n) is 12.3. The topological polar surface area (TPSA) is 67.4 Å². The Balaban J connectivity index is 1.65. The number of benzene rings is 1. The number of hydrogen-bond donors (Lipinski definition) is 2. The van der Waals surface area contributed by atoms with E-state index in [0.29, 0.717) is 26.1 Å². The number of amides is 2. The third-order valence-corrected chi connectivity index (χ3v) is 3.60. The summed E-state index contributed by atoms with van der Waals surface area (Å²) in [5.74, 6) is -0.388. The predicted molar refractivity (Wildman–Crippen MR) is 79.4 cm³/mol. The largest absolute Gasteiger partial charge is 0.385 e. The molecule has 1 aliphatic carbocycles. The Hall–Kier alpha value is -1.88. The van der Waals surface area contributed by atoms with E-state index in [1.54, 1.807) is 7.11 Å². The highest BCUT2D eigenvalue weighted by atomic mass is 16.5. The van der Waals surface area contributed by atoms with Crippen molar-refractivity contribution < 1.29 is 14.3 Å². The first kappa shape index (κ1) is 15.5. The number of ether oxygens (including phenoxy) is 1. The molecule has 1 aliphatic rings. The van der Waals surface area contributed by atoms with E-state index in [4.69, 9.17) is 4.74 Å². The molecule has 0 aromatic heterocycles. The normalized spacial score (nSPS) is 19.9. The average molecular weight is 290 g/mol. The maximum Gasteiger partial charge on any atom is 0.224 e. The standard InChI is InChI=1S/C16H22N2O3/c1-21-9-5-8-17-15(19)13-10-14(13)16(20)18-11-12-6-3-2-4-7-12/h2-4,6-7,13-14H,5,8-11H2,1H3,(H,17,19)(H,18,20). The van der Waals surface area contributed by atoms with Crippen LogP contribution in [0.1, 0.15) is 18.4 Å². The van der Waals surface area contributed by atoms with Crippen molar-refractivity contribution in [3.8, 4) is 0 Å². The van der Waals surface area contributed by atoms with Crippen LogP contribution in [0.4, 0.5) is 0 Å². The first-order valence-electron chi connectivity index (χ1n) is 7.30. The van der Waals surface area contributed by atoms with Gasteiger partial charge in [0.25, 0.3) is 0 Å². The van der Waals surface area contributed by atoms with E-state index in [1.165, 1.54) is 0 Å². The number of hydrogen-bond acceptors (Lipinski definition) is 3. The summed E-state index contributed by atoms with van der Waals surface area (Å²) in [4.78, 5) is 23.8. The number of rotatable bonds is 8. The van der Waals surface area contributed by atoms with Gasteiger partial charge in [0.1, 0.15) is 0 Å². The Labute approximate surface area is 125 Å². The lowest BCUT2D eigenvalue weighted by molar-refractivity contribution is -0.127. The third kappa shape index (κ3) is 4.86. The maximum atomic E-state index is 12.0. The molecule has 1 saturated carbocycles. The smallest absolute Gasteiger partial charge is 0.224 e. The lowest BCUT2D eigenvalue weighted by Crippen LogP contribution is -2.30. The summed E-state index contributed by atoms with van der Waals surface area (Å²) in [6, 6.07) is 9.75. The van der Waals surface area contributed by atoms with Gasteiger partial charge in [-0.3, -0.25) is 9.59 Å². The molecular formula is C16H22N2O3. The highest BCUT2D eigenvalue weighted by molar-refractivity contribution is 5.92. The van der Waals surface area contributed by atoms with Gasteiger partial charge in [0.05, 0.1) is 11.8 Å². The molecule has 2 atom stereocenters. The van der Waals surface area contributed by atoms with Crippen LogP contribution in [0.15, 0.2) is 30.3 Å². The summed E-state index contributed by atoms with van der Waals surface area (Å²) >= 11 is 0. The number of nitrogens with one attached hydrogen (secondary N) is 2. The van der Waals surface area contributed by atoms with E-state index in [2.05, 4.69) is 10.6 Å². The average Bonchev–Trinajstić information content (AvgIpc) is 3.31. The molecule has 2 N–H and O–H groups in total. The van der Waals surface area contributed by atoms with Crippen molar-refractivity contribution in [2.75, 3.05) is 20.3 Å². The number of carbonyl (C=O) groups excluding carboxylic acids is 2. The van der Waals surface area contributed by atoms with Crippen LogP contribution in [0, 0.1) is 11.8 Å². The van der Waals surface area contributed by atoms with Crippen molar-refractivity contribution in [3.63, 3.8) is 0 Å². The molecule has 1 aromatic carbocycles. The SMILES string of the molecule is COCCCNC(=O)C1CC1C(=O)NCc1ccccc1. The van der Waals surface area contributed by atoms with Gasteiger partial charge >= 0.3 is 0 Å². The second kappa shape index (κ2) is 7.78. The lowest BCUT2D eigenvalue weighted by Gasteiger charge is -2.06. The van der Waals surface area contributed by atoms with E-state index in [-0.39, 0.29) is 23.7 Å². The molecular weight excluding hydrogens is 268 g/mol. The molecule has 0 radical (unpaired) electrons. The molecule has 0 aliphatic heterocycles. The van der Waals surface area contributed by atoms with Gasteiger partial charge < -0.3 is 15.4 Å². The fourth-order valence-electron chi connectivity index (χ4n) is 2.25. The highest BCUT2D eigenvalue weighted by Crippen LogP contribution is 2.38. The molecule has 21 heavy (non-hydrogen) atoms. The van der Waals surface area contributed by atoms with Crippen LogP contribution in [0.2, 0.25) is 0 Å². The molecule has 0 saturated heterocycles. The fourth-order valence-corrected chi connectivity index (χ4v) is 2.25. The number of methoxy groups -OCH3 is 1. The minimum Gasteiger partial charge on any atom is -0.385 e. The summed E-state index contributed by atoms with van der Waals surface area (Å²) < 4.78 is 4.92. The zero-order valence-corrected chi connectivity index (χ0v) is 12.3. The second-order valence-electron chi connectivity index (χ2n) is 5.29. The second-order valence-corrected chi connectivity index (χ2v) is 5.29. The van der Waals surface area contributed by atoms with E-state index in [9.17, 15) is 9.59 Å². The van der Waals surface area contributed by atoms with Crippen molar-refractivity contribution in [3.05, 3.63) is 35.9 Å². The first-order valence-corrected chi connectivity index (χ1v) is 7.30. The molecule has 5 nitrogen and oxygen atoms in total. The van der Waals surface area contributed by atoms with Crippen LogP contribution >= 0.6 is 0 Å².